The van der Waals surface area contributed by atoms with Gasteiger partial charge in [0.2, 0.25) is 0 Å². The maximum Gasteiger partial charge on any atom is 0.140 e. The standard InChI is InChI=1S/C13H14N6O2/c1-7(2)19-13(15)9(4-14)12(18-19)8-5-16-10(17-6-8)3-11(20)21/h5-7H,3,15H2,1-2H3,(H,20,21)/p-1. The monoisotopic (exact) mass is 285 g/mol. The minimum atomic E-state index is -1.26. The topological polar surface area (TPSA) is 134 Å². The first-order valence-electron chi connectivity index (χ1n) is 6.23. The lowest BCUT2D eigenvalue weighted by molar-refractivity contribution is -0.304. The Morgan fingerprint density at radius 2 is 2.10 bits per heavy atom. The number of hydrogen-bond acceptors (Lipinski definition) is 7. The van der Waals surface area contributed by atoms with Crippen LogP contribution in [0, 0.1) is 11.3 Å². The molecule has 0 radical (unpaired) electrons. The van der Waals surface area contributed by atoms with E-state index in [1.54, 1.807) is 4.68 Å². The van der Waals surface area contributed by atoms with Crippen molar-refractivity contribution in [1.29, 1.82) is 5.26 Å². The molecule has 2 rings (SSSR count). The van der Waals surface area contributed by atoms with Crippen molar-refractivity contribution in [3.05, 3.63) is 23.8 Å². The maximum absolute atomic E-state index is 10.5. The smallest absolute Gasteiger partial charge is 0.140 e. The molecule has 0 spiro atoms. The number of nitriles is 1. The molecule has 8 nitrogen and oxygen atoms in total. The third-order valence-electron chi connectivity index (χ3n) is 2.83. The van der Waals surface area contributed by atoms with E-state index in [-0.39, 0.29) is 29.7 Å². The van der Waals surface area contributed by atoms with E-state index in [9.17, 15) is 15.2 Å². The van der Waals surface area contributed by atoms with Gasteiger partial charge < -0.3 is 15.6 Å². The van der Waals surface area contributed by atoms with Crippen molar-refractivity contribution < 1.29 is 9.90 Å². The summed E-state index contributed by atoms with van der Waals surface area (Å²) in [4.78, 5) is 18.3. The van der Waals surface area contributed by atoms with Crippen LogP contribution in [0.2, 0.25) is 0 Å². The average Bonchev–Trinajstić information content (AvgIpc) is 2.76. The van der Waals surface area contributed by atoms with E-state index in [4.69, 9.17) is 5.73 Å². The van der Waals surface area contributed by atoms with Crippen LogP contribution in [0.1, 0.15) is 31.3 Å². The van der Waals surface area contributed by atoms with E-state index in [1.807, 2.05) is 19.9 Å². The molecule has 0 bridgehead atoms. The van der Waals surface area contributed by atoms with Crippen molar-refractivity contribution in [3.8, 4) is 17.3 Å². The number of nitrogen functional groups attached to an aromatic ring is 1. The van der Waals surface area contributed by atoms with E-state index in [2.05, 4.69) is 15.1 Å². The number of carboxylic acids is 1. The summed E-state index contributed by atoms with van der Waals surface area (Å²) in [6, 6.07) is 2.02. The van der Waals surface area contributed by atoms with Gasteiger partial charge in [0.1, 0.15) is 29.0 Å². The highest BCUT2D eigenvalue weighted by Crippen LogP contribution is 2.27. The summed E-state index contributed by atoms with van der Waals surface area (Å²) < 4.78 is 1.54. The molecule has 0 aliphatic rings. The van der Waals surface area contributed by atoms with E-state index in [0.717, 1.165) is 0 Å². The molecule has 21 heavy (non-hydrogen) atoms. The van der Waals surface area contributed by atoms with Gasteiger partial charge in [-0.2, -0.15) is 10.4 Å². The van der Waals surface area contributed by atoms with Gasteiger partial charge in [0.05, 0.1) is 0 Å². The van der Waals surface area contributed by atoms with Crippen molar-refractivity contribution in [2.45, 2.75) is 26.3 Å². The summed E-state index contributed by atoms with van der Waals surface area (Å²) in [7, 11) is 0. The lowest BCUT2D eigenvalue weighted by Crippen LogP contribution is -2.25. The summed E-state index contributed by atoms with van der Waals surface area (Å²) >= 11 is 0. The lowest BCUT2D eigenvalue weighted by Gasteiger charge is -2.06. The van der Waals surface area contributed by atoms with Crippen LogP contribution < -0.4 is 10.8 Å². The van der Waals surface area contributed by atoms with Crippen LogP contribution in [0.25, 0.3) is 11.3 Å². The van der Waals surface area contributed by atoms with Gasteiger partial charge in [-0.1, -0.05) is 0 Å². The van der Waals surface area contributed by atoms with E-state index < -0.39 is 5.97 Å². The number of nitrogens with two attached hydrogens (primary N) is 1. The Labute approximate surface area is 120 Å². The molecule has 0 aliphatic carbocycles. The second-order valence-corrected chi connectivity index (χ2v) is 4.70. The third-order valence-corrected chi connectivity index (χ3v) is 2.83. The molecule has 0 atom stereocenters. The predicted molar refractivity (Wildman–Crippen MR) is 71.5 cm³/mol. The number of aliphatic carboxylic acids is 1. The van der Waals surface area contributed by atoms with Crippen LogP contribution in [0.3, 0.4) is 0 Å². The Morgan fingerprint density at radius 1 is 1.48 bits per heavy atom. The molecule has 8 heteroatoms. The fraction of sp³-hybridized carbons (Fsp3) is 0.308. The average molecular weight is 285 g/mol. The molecular weight excluding hydrogens is 272 g/mol. The fourth-order valence-corrected chi connectivity index (χ4v) is 1.85. The molecule has 0 aromatic carbocycles. The van der Waals surface area contributed by atoms with Gasteiger partial charge in [-0.05, 0) is 13.8 Å². The Hall–Kier alpha value is -2.95. The van der Waals surface area contributed by atoms with E-state index in [0.29, 0.717) is 11.3 Å². The zero-order valence-corrected chi connectivity index (χ0v) is 11.6. The van der Waals surface area contributed by atoms with Crippen molar-refractivity contribution >= 4 is 11.8 Å². The van der Waals surface area contributed by atoms with Crippen LogP contribution >= 0.6 is 0 Å². The molecule has 0 aliphatic heterocycles. The number of nitrogens with zero attached hydrogens (tertiary/aromatic N) is 5. The second kappa shape index (κ2) is 5.58. The van der Waals surface area contributed by atoms with Gasteiger partial charge in [-0.3, -0.25) is 0 Å². The molecule has 2 aromatic rings. The summed E-state index contributed by atoms with van der Waals surface area (Å²) in [5, 5.41) is 24.0. The number of hydrogen-bond donors (Lipinski definition) is 1. The Balaban J connectivity index is 2.45. The number of carbonyl (C=O) groups is 1. The first-order valence-corrected chi connectivity index (χ1v) is 6.23. The zero-order valence-electron chi connectivity index (χ0n) is 11.6. The predicted octanol–water partition coefficient (Wildman–Crippen LogP) is -0.333. The van der Waals surface area contributed by atoms with Gasteiger partial charge in [-0.15, -0.1) is 0 Å². The maximum atomic E-state index is 10.5. The van der Waals surface area contributed by atoms with Gasteiger partial charge in [0.25, 0.3) is 0 Å². The normalized spacial score (nSPS) is 10.6. The summed E-state index contributed by atoms with van der Waals surface area (Å²) in [5.74, 6) is -0.844. The molecule has 0 saturated heterocycles. The van der Waals surface area contributed by atoms with Gasteiger partial charge >= 0.3 is 0 Å². The first-order chi connectivity index (χ1) is 9.93. The van der Waals surface area contributed by atoms with Crippen molar-refractivity contribution in [2.75, 3.05) is 5.73 Å². The molecule has 2 aromatic heterocycles. The molecule has 108 valence electrons. The molecule has 0 amide bonds. The van der Waals surface area contributed by atoms with Crippen molar-refractivity contribution in [3.63, 3.8) is 0 Å². The van der Waals surface area contributed by atoms with Crippen molar-refractivity contribution in [1.82, 2.24) is 19.7 Å². The summed E-state index contributed by atoms with van der Waals surface area (Å²) in [6.45, 7) is 3.79. The van der Waals surface area contributed by atoms with Crippen LogP contribution in [0.15, 0.2) is 12.4 Å². The van der Waals surface area contributed by atoms with Gasteiger partial charge in [0.15, 0.2) is 0 Å². The van der Waals surface area contributed by atoms with Crippen LogP contribution in [0.4, 0.5) is 5.82 Å². The summed E-state index contributed by atoms with van der Waals surface area (Å²) in [6.07, 6.45) is 2.46. The Bertz CT molecular complexity index is 711. The third kappa shape index (κ3) is 2.81. The highest BCUT2D eigenvalue weighted by atomic mass is 16.4. The van der Waals surface area contributed by atoms with Crippen molar-refractivity contribution in [2.24, 2.45) is 0 Å². The highest BCUT2D eigenvalue weighted by Gasteiger charge is 2.19. The van der Waals surface area contributed by atoms with E-state index in [1.165, 1.54) is 12.4 Å². The van der Waals surface area contributed by atoms with Gasteiger partial charge in [-0.25, -0.2) is 14.6 Å². The molecular formula is C13H13N6O2-. The fourth-order valence-electron chi connectivity index (χ4n) is 1.85. The quantitative estimate of drug-likeness (QED) is 0.812. The summed E-state index contributed by atoms with van der Waals surface area (Å²) in [5.41, 5.74) is 7.03. The zero-order chi connectivity index (χ0) is 15.6. The number of carboxylic acid groups (broad SMARTS) is 1. The Morgan fingerprint density at radius 3 is 2.57 bits per heavy atom. The first kappa shape index (κ1) is 14.5. The largest absolute Gasteiger partial charge is 0.550 e. The molecule has 2 N–H and O–H groups in total. The molecule has 2 heterocycles. The number of carbonyl (C=O) groups excluding carboxylic acids is 1. The van der Waals surface area contributed by atoms with Crippen LogP contribution in [-0.2, 0) is 11.2 Å². The molecule has 0 fully saturated rings. The SMILES string of the molecule is CC(C)n1nc(-c2cnc(CC(=O)[O-])nc2)c(C#N)c1N. The number of rotatable bonds is 4. The highest BCUT2D eigenvalue weighted by molar-refractivity contribution is 5.72. The second-order valence-electron chi connectivity index (χ2n) is 4.70. The number of aromatic nitrogens is 4. The molecule has 0 saturated carbocycles. The van der Waals surface area contributed by atoms with Crippen LogP contribution in [-0.4, -0.2) is 25.7 Å². The molecule has 0 unspecified atom stereocenters. The van der Waals surface area contributed by atoms with Crippen LogP contribution in [0.5, 0.6) is 0 Å². The minimum absolute atomic E-state index is 0.00382. The van der Waals surface area contributed by atoms with E-state index >= 15 is 0 Å². The minimum Gasteiger partial charge on any atom is -0.550 e. The lowest BCUT2D eigenvalue weighted by atomic mass is 10.1. The van der Waals surface area contributed by atoms with Gasteiger partial charge in [0, 0.05) is 36.4 Å². The number of anilines is 1. The Kier molecular flexibility index (Phi) is 3.84.